The minimum atomic E-state index is 0.807. The van der Waals surface area contributed by atoms with E-state index in [-0.39, 0.29) is 0 Å². The molecule has 1 heterocycles. The topological polar surface area (TPSA) is 29.9 Å². The molecule has 0 bridgehead atoms. The molecule has 0 saturated carbocycles. The van der Waals surface area contributed by atoms with Gasteiger partial charge in [0.15, 0.2) is 4.77 Å². The number of nitrogens with one attached hydrogen (secondary N) is 1. The lowest BCUT2D eigenvalue weighted by molar-refractivity contribution is 0.126. The summed E-state index contributed by atoms with van der Waals surface area (Å²) in [6.07, 6.45) is 5.32. The van der Waals surface area contributed by atoms with E-state index >= 15 is 0 Å². The van der Waals surface area contributed by atoms with Crippen molar-refractivity contribution in [1.29, 1.82) is 0 Å². The maximum atomic E-state index is 5.49. The molecule has 0 fully saturated rings. The summed E-state index contributed by atoms with van der Waals surface area (Å²) in [6.45, 7) is 6.89. The Kier molecular flexibility index (Phi) is 5.65. The molecule has 0 spiro atoms. The summed E-state index contributed by atoms with van der Waals surface area (Å²) in [4.78, 5) is 3.04. The second-order valence-corrected chi connectivity index (χ2v) is 4.09. The van der Waals surface area contributed by atoms with Crippen LogP contribution in [0.15, 0.2) is 6.20 Å². The summed E-state index contributed by atoms with van der Waals surface area (Å²) in [5.41, 5.74) is 1.19. The van der Waals surface area contributed by atoms with Crippen LogP contribution in [0.5, 0.6) is 0 Å². The molecule has 1 aromatic rings. The molecule has 0 aliphatic heterocycles. The predicted molar refractivity (Wildman–Crippen MR) is 64.7 cm³/mol. The molecule has 15 heavy (non-hydrogen) atoms. The van der Waals surface area contributed by atoms with Gasteiger partial charge in [-0.05, 0) is 32.0 Å². The summed E-state index contributed by atoms with van der Waals surface area (Å²) < 4.78 is 8.41. The van der Waals surface area contributed by atoms with Crippen molar-refractivity contribution >= 4 is 12.2 Å². The van der Waals surface area contributed by atoms with E-state index in [0.29, 0.717) is 0 Å². The zero-order valence-electron chi connectivity index (χ0n) is 9.58. The van der Waals surface area contributed by atoms with Gasteiger partial charge in [-0.2, -0.15) is 0 Å². The standard InChI is InChI=1S/C11H20N2OS/c1-3-4-7-14-8-5-6-13-10(2)9-12-11(13)15/h9H,3-8H2,1-2H3,(H,12,15). The zero-order valence-corrected chi connectivity index (χ0v) is 10.4. The van der Waals surface area contributed by atoms with E-state index in [1.807, 2.05) is 6.20 Å². The first kappa shape index (κ1) is 12.5. The van der Waals surface area contributed by atoms with Crippen LogP contribution in [-0.2, 0) is 11.3 Å². The molecule has 1 rings (SSSR count). The maximum Gasteiger partial charge on any atom is 0.177 e. The van der Waals surface area contributed by atoms with E-state index in [0.717, 1.165) is 37.4 Å². The Balaban J connectivity index is 2.18. The van der Waals surface area contributed by atoms with Crippen molar-refractivity contribution in [3.05, 3.63) is 16.7 Å². The summed E-state index contributed by atoms with van der Waals surface area (Å²) in [5.74, 6) is 0. The fourth-order valence-corrected chi connectivity index (χ4v) is 1.73. The molecule has 0 aliphatic rings. The van der Waals surface area contributed by atoms with Crippen LogP contribution < -0.4 is 0 Å². The van der Waals surface area contributed by atoms with E-state index in [9.17, 15) is 0 Å². The molecule has 4 heteroatoms. The quantitative estimate of drug-likeness (QED) is 0.574. The van der Waals surface area contributed by atoms with E-state index in [2.05, 4.69) is 23.4 Å². The SMILES string of the molecule is CCCCOCCCn1c(C)c[nH]c1=S. The minimum Gasteiger partial charge on any atom is -0.381 e. The van der Waals surface area contributed by atoms with Gasteiger partial charge >= 0.3 is 0 Å². The maximum absolute atomic E-state index is 5.49. The number of aromatic amines is 1. The molecule has 1 N–H and O–H groups in total. The third kappa shape index (κ3) is 4.18. The van der Waals surface area contributed by atoms with Crippen molar-refractivity contribution in [2.75, 3.05) is 13.2 Å². The van der Waals surface area contributed by atoms with Gasteiger partial charge in [0.1, 0.15) is 0 Å². The molecule has 0 amide bonds. The van der Waals surface area contributed by atoms with Gasteiger partial charge in [-0.1, -0.05) is 13.3 Å². The molecule has 3 nitrogen and oxygen atoms in total. The van der Waals surface area contributed by atoms with Gasteiger partial charge in [-0.3, -0.25) is 0 Å². The van der Waals surface area contributed by atoms with Crippen LogP contribution in [0.4, 0.5) is 0 Å². The third-order valence-electron chi connectivity index (χ3n) is 2.39. The highest BCUT2D eigenvalue weighted by Gasteiger charge is 1.98. The number of hydrogen-bond donors (Lipinski definition) is 1. The van der Waals surface area contributed by atoms with Gasteiger partial charge in [-0.15, -0.1) is 0 Å². The average molecular weight is 228 g/mol. The lowest BCUT2D eigenvalue weighted by atomic mass is 10.3. The monoisotopic (exact) mass is 228 g/mol. The molecule has 0 atom stereocenters. The van der Waals surface area contributed by atoms with Crippen molar-refractivity contribution < 1.29 is 4.74 Å². The van der Waals surface area contributed by atoms with Crippen LogP contribution in [0.3, 0.4) is 0 Å². The smallest absolute Gasteiger partial charge is 0.177 e. The molecule has 1 aromatic heterocycles. The summed E-state index contributed by atoms with van der Waals surface area (Å²) in [5, 5.41) is 0. The summed E-state index contributed by atoms with van der Waals surface area (Å²) >= 11 is 5.16. The highest BCUT2D eigenvalue weighted by Crippen LogP contribution is 2.01. The first-order valence-corrected chi connectivity index (χ1v) is 5.99. The van der Waals surface area contributed by atoms with Crippen molar-refractivity contribution in [2.45, 2.75) is 39.7 Å². The molecular weight excluding hydrogens is 208 g/mol. The molecule has 0 unspecified atom stereocenters. The number of imidazole rings is 1. The van der Waals surface area contributed by atoms with Crippen LogP contribution in [0.1, 0.15) is 31.9 Å². The van der Waals surface area contributed by atoms with Crippen molar-refractivity contribution in [1.82, 2.24) is 9.55 Å². The molecule has 86 valence electrons. The second kappa shape index (κ2) is 6.80. The number of unbranched alkanes of at least 4 members (excludes halogenated alkanes) is 1. The van der Waals surface area contributed by atoms with Crippen LogP contribution in [0.25, 0.3) is 0 Å². The van der Waals surface area contributed by atoms with E-state index in [1.54, 1.807) is 0 Å². The Morgan fingerprint density at radius 3 is 2.73 bits per heavy atom. The van der Waals surface area contributed by atoms with Gasteiger partial charge in [0, 0.05) is 31.6 Å². The Morgan fingerprint density at radius 1 is 1.40 bits per heavy atom. The van der Waals surface area contributed by atoms with Gasteiger partial charge < -0.3 is 14.3 Å². The van der Waals surface area contributed by atoms with Crippen LogP contribution in [0.2, 0.25) is 0 Å². The zero-order chi connectivity index (χ0) is 11.1. The summed E-state index contributed by atoms with van der Waals surface area (Å²) in [6, 6.07) is 0. The number of nitrogens with zero attached hydrogens (tertiary/aromatic N) is 1. The molecular formula is C11H20N2OS. The number of H-pyrrole nitrogens is 1. The van der Waals surface area contributed by atoms with Gasteiger partial charge in [0.2, 0.25) is 0 Å². The average Bonchev–Trinajstić information content (AvgIpc) is 2.54. The fraction of sp³-hybridized carbons (Fsp3) is 0.727. The van der Waals surface area contributed by atoms with Gasteiger partial charge in [0.25, 0.3) is 0 Å². The van der Waals surface area contributed by atoms with Crippen molar-refractivity contribution in [2.24, 2.45) is 0 Å². The van der Waals surface area contributed by atoms with Gasteiger partial charge in [0.05, 0.1) is 0 Å². The Labute approximate surface area is 96.5 Å². The Hall–Kier alpha value is -0.610. The Morgan fingerprint density at radius 2 is 2.13 bits per heavy atom. The van der Waals surface area contributed by atoms with Crippen molar-refractivity contribution in [3.63, 3.8) is 0 Å². The van der Waals surface area contributed by atoms with Crippen LogP contribution in [0, 0.1) is 11.7 Å². The second-order valence-electron chi connectivity index (χ2n) is 3.71. The number of aromatic nitrogens is 2. The summed E-state index contributed by atoms with van der Waals surface area (Å²) in [7, 11) is 0. The van der Waals surface area contributed by atoms with Crippen LogP contribution in [-0.4, -0.2) is 22.8 Å². The predicted octanol–water partition coefficient (Wildman–Crippen LogP) is 3.06. The molecule has 0 aromatic carbocycles. The number of ether oxygens (including phenoxy) is 1. The van der Waals surface area contributed by atoms with E-state index < -0.39 is 0 Å². The fourth-order valence-electron chi connectivity index (χ4n) is 1.43. The third-order valence-corrected chi connectivity index (χ3v) is 2.73. The lowest BCUT2D eigenvalue weighted by Gasteiger charge is -2.06. The molecule has 0 aliphatic carbocycles. The first-order valence-electron chi connectivity index (χ1n) is 5.58. The van der Waals surface area contributed by atoms with Crippen molar-refractivity contribution in [3.8, 4) is 0 Å². The van der Waals surface area contributed by atoms with E-state index in [1.165, 1.54) is 12.1 Å². The molecule has 0 saturated heterocycles. The number of aryl methyl sites for hydroxylation is 1. The first-order chi connectivity index (χ1) is 7.25. The largest absolute Gasteiger partial charge is 0.381 e. The lowest BCUT2D eigenvalue weighted by Crippen LogP contribution is -2.04. The van der Waals surface area contributed by atoms with E-state index in [4.69, 9.17) is 17.0 Å². The Bertz CT molecular complexity index is 330. The number of rotatable bonds is 7. The molecule has 0 radical (unpaired) electrons. The highest BCUT2D eigenvalue weighted by atomic mass is 32.1. The van der Waals surface area contributed by atoms with Crippen LogP contribution >= 0.6 is 12.2 Å². The normalized spacial score (nSPS) is 10.8. The number of hydrogen-bond acceptors (Lipinski definition) is 2. The minimum absolute atomic E-state index is 0.807. The van der Waals surface area contributed by atoms with Gasteiger partial charge in [-0.25, -0.2) is 0 Å². The highest BCUT2D eigenvalue weighted by molar-refractivity contribution is 7.71.